The van der Waals surface area contributed by atoms with Crippen LogP contribution in [0.3, 0.4) is 0 Å². The number of hydrogen-bond acceptors (Lipinski definition) is 3. The van der Waals surface area contributed by atoms with Crippen LogP contribution in [-0.2, 0) is 6.18 Å². The van der Waals surface area contributed by atoms with E-state index in [9.17, 15) is 18.0 Å². The van der Waals surface area contributed by atoms with Crippen LogP contribution in [0, 0.1) is 6.92 Å². The van der Waals surface area contributed by atoms with Crippen LogP contribution in [0.2, 0.25) is 0 Å². The minimum atomic E-state index is -4.52. The number of H-pyrrole nitrogens is 1. The number of halogens is 3. The van der Waals surface area contributed by atoms with Crippen molar-refractivity contribution in [3.8, 4) is 5.69 Å². The molecule has 1 amide bonds. The van der Waals surface area contributed by atoms with Gasteiger partial charge in [0.2, 0.25) is 0 Å². The van der Waals surface area contributed by atoms with Gasteiger partial charge in [-0.3, -0.25) is 4.79 Å². The number of aromatic nitrogens is 4. The van der Waals surface area contributed by atoms with E-state index in [-0.39, 0.29) is 16.6 Å². The third-order valence-corrected chi connectivity index (χ3v) is 4.41. The molecular weight excluding hydrogens is 371 g/mol. The molecule has 0 spiro atoms. The number of rotatable bonds is 3. The van der Waals surface area contributed by atoms with Crippen molar-refractivity contribution in [3.63, 3.8) is 0 Å². The minimum absolute atomic E-state index is 0.0605. The molecule has 0 bridgehead atoms. The highest BCUT2D eigenvalue weighted by atomic mass is 19.4. The van der Waals surface area contributed by atoms with Gasteiger partial charge in [0.1, 0.15) is 18.3 Å². The van der Waals surface area contributed by atoms with Gasteiger partial charge in [0.05, 0.1) is 16.8 Å². The Morgan fingerprint density at radius 3 is 2.68 bits per heavy atom. The number of nitrogens with zero attached hydrogens (tertiary/aromatic N) is 3. The van der Waals surface area contributed by atoms with Crippen LogP contribution in [0.25, 0.3) is 16.6 Å². The van der Waals surface area contributed by atoms with Crippen molar-refractivity contribution in [1.29, 1.82) is 0 Å². The first-order valence-corrected chi connectivity index (χ1v) is 8.29. The first kappa shape index (κ1) is 17.8. The van der Waals surface area contributed by atoms with Gasteiger partial charge in [-0.2, -0.15) is 18.3 Å². The molecule has 2 N–H and O–H groups in total. The van der Waals surface area contributed by atoms with Crippen LogP contribution in [0.1, 0.15) is 21.6 Å². The number of para-hydroxylation sites is 1. The number of alkyl halides is 3. The Morgan fingerprint density at radius 1 is 1.18 bits per heavy atom. The number of benzene rings is 2. The number of aryl methyl sites for hydroxylation is 1. The number of aromatic amines is 1. The number of carbonyl (C=O) groups excluding carboxylic acids is 1. The zero-order valence-electron chi connectivity index (χ0n) is 14.6. The molecule has 0 aliphatic rings. The molecule has 2 aromatic heterocycles. The summed E-state index contributed by atoms with van der Waals surface area (Å²) >= 11 is 0. The second kappa shape index (κ2) is 6.52. The summed E-state index contributed by atoms with van der Waals surface area (Å²) in [5.41, 5.74) is 0.652. The molecule has 0 aliphatic carbocycles. The Labute approximate surface area is 157 Å². The van der Waals surface area contributed by atoms with Gasteiger partial charge < -0.3 is 10.3 Å². The Bertz CT molecular complexity index is 1160. The molecule has 0 atom stereocenters. The molecule has 142 valence electrons. The summed E-state index contributed by atoms with van der Waals surface area (Å²) in [5.74, 6) is -0.517. The molecular formula is C19H14F3N5O. The number of fused-ring (bicyclic) bond motifs is 1. The van der Waals surface area contributed by atoms with Crippen molar-refractivity contribution < 1.29 is 18.0 Å². The number of carbonyl (C=O) groups is 1. The van der Waals surface area contributed by atoms with Crippen LogP contribution >= 0.6 is 0 Å². The van der Waals surface area contributed by atoms with E-state index >= 15 is 0 Å². The van der Waals surface area contributed by atoms with Crippen molar-refractivity contribution >= 4 is 22.5 Å². The van der Waals surface area contributed by atoms with Gasteiger partial charge in [0.25, 0.3) is 5.91 Å². The molecule has 0 saturated heterocycles. The fourth-order valence-electron chi connectivity index (χ4n) is 3.09. The number of anilines is 1. The fraction of sp³-hybridized carbons (Fsp3) is 0.105. The minimum Gasteiger partial charge on any atom is -0.350 e. The predicted octanol–water partition coefficient (Wildman–Crippen LogP) is 4.33. The molecule has 4 rings (SSSR count). The average Bonchev–Trinajstić information content (AvgIpc) is 3.30. The normalized spacial score (nSPS) is 11.7. The molecule has 4 aromatic rings. The predicted molar refractivity (Wildman–Crippen MR) is 97.3 cm³/mol. The Hall–Kier alpha value is -3.62. The van der Waals surface area contributed by atoms with Crippen LogP contribution in [0.15, 0.2) is 55.1 Å². The third-order valence-electron chi connectivity index (χ3n) is 4.41. The summed E-state index contributed by atoms with van der Waals surface area (Å²) in [6.07, 6.45) is -1.62. The third kappa shape index (κ3) is 3.11. The van der Waals surface area contributed by atoms with E-state index in [0.29, 0.717) is 16.8 Å². The van der Waals surface area contributed by atoms with E-state index in [1.807, 2.05) is 0 Å². The molecule has 28 heavy (non-hydrogen) atoms. The summed E-state index contributed by atoms with van der Waals surface area (Å²) in [5, 5.41) is 7.10. The molecule has 2 heterocycles. The number of hydrogen-bond donors (Lipinski definition) is 2. The van der Waals surface area contributed by atoms with E-state index in [4.69, 9.17) is 0 Å². The largest absolute Gasteiger partial charge is 0.431 e. The Morgan fingerprint density at radius 2 is 1.96 bits per heavy atom. The Kier molecular flexibility index (Phi) is 4.14. The fourth-order valence-corrected chi connectivity index (χ4v) is 3.09. The van der Waals surface area contributed by atoms with Crippen LogP contribution in [0.5, 0.6) is 0 Å². The summed E-state index contributed by atoms with van der Waals surface area (Å²) < 4.78 is 41.1. The topological polar surface area (TPSA) is 75.6 Å². The zero-order valence-corrected chi connectivity index (χ0v) is 14.6. The molecule has 6 nitrogen and oxygen atoms in total. The van der Waals surface area contributed by atoms with Crippen molar-refractivity contribution in [2.75, 3.05) is 5.32 Å². The summed E-state index contributed by atoms with van der Waals surface area (Å²) in [4.78, 5) is 19.0. The van der Waals surface area contributed by atoms with Crippen molar-refractivity contribution in [1.82, 2.24) is 19.7 Å². The smallest absolute Gasteiger partial charge is 0.350 e. The second-order valence-electron chi connectivity index (χ2n) is 6.20. The zero-order chi connectivity index (χ0) is 19.9. The van der Waals surface area contributed by atoms with E-state index < -0.39 is 17.8 Å². The standard InChI is InChI=1S/C19H14F3N5O/c1-11-14-6-3-7-15(16(14)26-17(11)19(20,21)22)18(28)25-12-4-2-5-13(8-12)27-10-23-9-24-27/h2-10,26H,1H3,(H,25,28). The molecule has 0 aliphatic heterocycles. The second-order valence-corrected chi connectivity index (χ2v) is 6.20. The number of nitrogens with one attached hydrogen (secondary N) is 2. The maximum atomic E-state index is 13.2. The maximum Gasteiger partial charge on any atom is 0.431 e. The van der Waals surface area contributed by atoms with Crippen LogP contribution in [-0.4, -0.2) is 25.7 Å². The summed E-state index contributed by atoms with van der Waals surface area (Å²) in [6, 6.07) is 11.5. The quantitative estimate of drug-likeness (QED) is 0.551. The number of amides is 1. The summed E-state index contributed by atoms with van der Waals surface area (Å²) in [6.45, 7) is 1.38. The average molecular weight is 385 g/mol. The highest BCUT2D eigenvalue weighted by Crippen LogP contribution is 2.36. The first-order valence-electron chi connectivity index (χ1n) is 8.29. The van der Waals surface area contributed by atoms with Crippen LogP contribution in [0.4, 0.5) is 18.9 Å². The Balaban J connectivity index is 1.69. The monoisotopic (exact) mass is 385 g/mol. The molecule has 0 radical (unpaired) electrons. The lowest BCUT2D eigenvalue weighted by Crippen LogP contribution is -2.13. The van der Waals surface area contributed by atoms with Gasteiger partial charge in [-0.05, 0) is 36.8 Å². The molecule has 0 fully saturated rings. The van der Waals surface area contributed by atoms with E-state index in [1.54, 1.807) is 36.4 Å². The summed E-state index contributed by atoms with van der Waals surface area (Å²) in [7, 11) is 0. The van der Waals surface area contributed by atoms with Crippen molar-refractivity contribution in [3.05, 3.63) is 71.9 Å². The lowest BCUT2D eigenvalue weighted by Gasteiger charge is -2.08. The van der Waals surface area contributed by atoms with Gasteiger partial charge in [0, 0.05) is 11.1 Å². The lowest BCUT2D eigenvalue weighted by molar-refractivity contribution is -0.141. The first-order chi connectivity index (χ1) is 13.3. The van der Waals surface area contributed by atoms with E-state index in [2.05, 4.69) is 20.4 Å². The van der Waals surface area contributed by atoms with Gasteiger partial charge >= 0.3 is 6.18 Å². The SMILES string of the molecule is Cc1c(C(F)(F)F)[nH]c2c(C(=O)Nc3cccc(-n4cncn4)c3)cccc12. The van der Waals surface area contributed by atoms with Gasteiger partial charge in [-0.15, -0.1) is 0 Å². The highest BCUT2D eigenvalue weighted by molar-refractivity contribution is 6.12. The van der Waals surface area contributed by atoms with Crippen molar-refractivity contribution in [2.45, 2.75) is 13.1 Å². The van der Waals surface area contributed by atoms with Gasteiger partial charge in [-0.25, -0.2) is 9.67 Å². The molecule has 2 aromatic carbocycles. The van der Waals surface area contributed by atoms with Gasteiger partial charge in [-0.1, -0.05) is 18.2 Å². The molecule has 9 heteroatoms. The lowest BCUT2D eigenvalue weighted by atomic mass is 10.1. The van der Waals surface area contributed by atoms with Crippen molar-refractivity contribution in [2.24, 2.45) is 0 Å². The molecule has 0 unspecified atom stereocenters. The van der Waals surface area contributed by atoms with E-state index in [0.717, 1.165) is 0 Å². The van der Waals surface area contributed by atoms with E-state index in [1.165, 1.54) is 30.3 Å². The maximum absolute atomic E-state index is 13.2. The highest BCUT2D eigenvalue weighted by Gasteiger charge is 2.35. The van der Waals surface area contributed by atoms with Gasteiger partial charge in [0.15, 0.2) is 0 Å². The molecule has 0 saturated carbocycles. The van der Waals surface area contributed by atoms with Crippen LogP contribution < -0.4 is 5.32 Å².